The molecule has 0 aromatic heterocycles. The molecule has 12 heteroatoms. The second-order valence-corrected chi connectivity index (χ2v) is 8.19. The zero-order valence-corrected chi connectivity index (χ0v) is 16.8. The monoisotopic (exact) mass is 461 g/mol. The van der Waals surface area contributed by atoms with E-state index < -0.39 is 40.8 Å². The van der Waals surface area contributed by atoms with Crippen molar-refractivity contribution in [3.8, 4) is 5.75 Å². The molecule has 2 aromatic carbocycles. The van der Waals surface area contributed by atoms with Gasteiger partial charge in [-0.1, -0.05) is 11.6 Å². The Labute approximate surface area is 174 Å². The third kappa shape index (κ3) is 6.49. The topological polar surface area (TPSA) is 116 Å². The molecule has 0 spiro atoms. The van der Waals surface area contributed by atoms with Crippen molar-refractivity contribution in [2.24, 2.45) is 0 Å². The maximum atomic E-state index is 12.1. The maximum absolute atomic E-state index is 12.1. The number of esters is 1. The number of carbonyl (C=O) groups excluding carboxylic acids is 3. The minimum absolute atomic E-state index is 0.0276. The molecule has 0 aliphatic carbocycles. The van der Waals surface area contributed by atoms with E-state index >= 15 is 0 Å². The summed E-state index contributed by atoms with van der Waals surface area (Å²) in [6.45, 7) is -3.87. The number of carbonyl (C=O) groups is 3. The van der Waals surface area contributed by atoms with Gasteiger partial charge in [-0.2, -0.15) is 8.78 Å². The van der Waals surface area contributed by atoms with Crippen molar-refractivity contribution in [3.63, 3.8) is 0 Å². The lowest BCUT2D eigenvalue weighted by Gasteiger charge is -2.09. The Morgan fingerprint density at radius 3 is 2.30 bits per heavy atom. The number of alkyl halides is 2. The molecule has 1 N–H and O–H groups in total. The van der Waals surface area contributed by atoms with Gasteiger partial charge in [0.25, 0.3) is 11.8 Å². The molecule has 0 fully saturated rings. The van der Waals surface area contributed by atoms with Gasteiger partial charge in [0.1, 0.15) is 5.75 Å². The SMILES string of the molecule is CS(=O)(=O)c1ccc(Cl)c(C(=O)OCC(=O)NC(=O)c2ccc(OC(F)F)cc2)c1. The average molecular weight is 462 g/mol. The summed E-state index contributed by atoms with van der Waals surface area (Å²) < 4.78 is 56.2. The Balaban J connectivity index is 1.96. The first-order chi connectivity index (χ1) is 14.0. The molecule has 0 heterocycles. The van der Waals surface area contributed by atoms with E-state index in [1.807, 2.05) is 5.32 Å². The first-order valence-electron chi connectivity index (χ1n) is 8.03. The number of hydrogen-bond acceptors (Lipinski definition) is 7. The van der Waals surface area contributed by atoms with Crippen molar-refractivity contribution < 1.29 is 41.1 Å². The minimum Gasteiger partial charge on any atom is -0.452 e. The van der Waals surface area contributed by atoms with Gasteiger partial charge in [0.15, 0.2) is 16.4 Å². The van der Waals surface area contributed by atoms with Crippen molar-refractivity contribution in [2.45, 2.75) is 11.5 Å². The van der Waals surface area contributed by atoms with Crippen LogP contribution < -0.4 is 10.1 Å². The van der Waals surface area contributed by atoms with E-state index in [9.17, 15) is 31.6 Å². The van der Waals surface area contributed by atoms with Gasteiger partial charge in [-0.05, 0) is 42.5 Å². The molecular weight excluding hydrogens is 448 g/mol. The second-order valence-electron chi connectivity index (χ2n) is 5.77. The summed E-state index contributed by atoms with van der Waals surface area (Å²) in [5.41, 5.74) is -0.298. The van der Waals surface area contributed by atoms with Crippen molar-refractivity contribution in [1.82, 2.24) is 5.32 Å². The minimum atomic E-state index is -3.60. The Morgan fingerprint density at radius 2 is 1.73 bits per heavy atom. The molecule has 0 saturated carbocycles. The van der Waals surface area contributed by atoms with Crippen LogP contribution in [0.1, 0.15) is 20.7 Å². The third-order valence-corrected chi connectivity index (χ3v) is 4.95. The normalized spacial score (nSPS) is 11.1. The molecule has 2 amide bonds. The Morgan fingerprint density at radius 1 is 1.10 bits per heavy atom. The Hall–Kier alpha value is -3.05. The van der Waals surface area contributed by atoms with Gasteiger partial charge >= 0.3 is 12.6 Å². The largest absolute Gasteiger partial charge is 0.452 e. The van der Waals surface area contributed by atoms with Crippen LogP contribution in [0.2, 0.25) is 5.02 Å². The lowest BCUT2D eigenvalue weighted by Crippen LogP contribution is -2.34. The number of sulfone groups is 1. The molecule has 2 aromatic rings. The predicted octanol–water partition coefficient (Wildman–Crippen LogP) is 2.46. The molecule has 0 radical (unpaired) electrons. The quantitative estimate of drug-likeness (QED) is 0.629. The second kappa shape index (κ2) is 9.63. The maximum Gasteiger partial charge on any atom is 0.387 e. The number of halogens is 3. The fraction of sp³-hybridized carbons (Fsp3) is 0.167. The van der Waals surface area contributed by atoms with Crippen molar-refractivity contribution >= 4 is 39.2 Å². The molecule has 0 atom stereocenters. The Bertz CT molecular complexity index is 1070. The molecule has 30 heavy (non-hydrogen) atoms. The molecule has 160 valence electrons. The van der Waals surface area contributed by atoms with Crippen molar-refractivity contribution in [2.75, 3.05) is 12.9 Å². The van der Waals surface area contributed by atoms with E-state index in [-0.39, 0.29) is 26.8 Å². The van der Waals surface area contributed by atoms with Crippen LogP contribution in [-0.4, -0.2) is 45.7 Å². The molecule has 0 saturated heterocycles. The van der Waals surface area contributed by atoms with E-state index in [1.54, 1.807) is 0 Å². The van der Waals surface area contributed by atoms with Crippen LogP contribution in [-0.2, 0) is 19.4 Å². The van der Waals surface area contributed by atoms with Crippen LogP contribution in [0.3, 0.4) is 0 Å². The molecule has 0 bridgehead atoms. The molecular formula is C18H14ClF2NO7S. The molecule has 0 unspecified atom stereocenters. The third-order valence-electron chi connectivity index (χ3n) is 3.51. The Kier molecular flexibility index (Phi) is 7.46. The highest BCUT2D eigenvalue weighted by molar-refractivity contribution is 7.90. The van der Waals surface area contributed by atoms with Gasteiger partial charge in [-0.3, -0.25) is 14.9 Å². The summed E-state index contributed by atoms with van der Waals surface area (Å²) in [5.74, 6) is -3.08. The highest BCUT2D eigenvalue weighted by Crippen LogP contribution is 2.21. The van der Waals surface area contributed by atoms with Crippen molar-refractivity contribution in [1.29, 1.82) is 0 Å². The van der Waals surface area contributed by atoms with E-state index in [2.05, 4.69) is 4.74 Å². The number of nitrogens with one attached hydrogen (secondary N) is 1. The molecule has 8 nitrogen and oxygen atoms in total. The first-order valence-corrected chi connectivity index (χ1v) is 10.3. The highest BCUT2D eigenvalue weighted by atomic mass is 35.5. The van der Waals surface area contributed by atoms with Crippen LogP contribution in [0.25, 0.3) is 0 Å². The van der Waals surface area contributed by atoms with E-state index in [0.717, 1.165) is 36.6 Å². The first kappa shape index (κ1) is 23.2. The van der Waals surface area contributed by atoms with E-state index in [0.29, 0.717) is 0 Å². The number of amides is 2. The summed E-state index contributed by atoms with van der Waals surface area (Å²) >= 11 is 5.86. The van der Waals surface area contributed by atoms with Crippen LogP contribution in [0, 0.1) is 0 Å². The van der Waals surface area contributed by atoms with Gasteiger partial charge in [-0.15, -0.1) is 0 Å². The predicted molar refractivity (Wildman–Crippen MR) is 100 cm³/mol. The molecule has 2 rings (SSSR count). The lowest BCUT2D eigenvalue weighted by atomic mass is 10.2. The number of imide groups is 1. The van der Waals surface area contributed by atoms with Gasteiger partial charge in [0.05, 0.1) is 15.5 Å². The highest BCUT2D eigenvalue weighted by Gasteiger charge is 2.19. The number of rotatable bonds is 7. The summed E-state index contributed by atoms with van der Waals surface area (Å²) in [7, 11) is -3.60. The van der Waals surface area contributed by atoms with Crippen molar-refractivity contribution in [3.05, 3.63) is 58.6 Å². The summed E-state index contributed by atoms with van der Waals surface area (Å²) in [4.78, 5) is 35.7. The fourth-order valence-electron chi connectivity index (χ4n) is 2.12. The zero-order chi connectivity index (χ0) is 22.5. The summed E-state index contributed by atoms with van der Waals surface area (Å²) in [6, 6.07) is 7.94. The lowest BCUT2D eigenvalue weighted by molar-refractivity contribution is -0.123. The summed E-state index contributed by atoms with van der Waals surface area (Å²) in [5, 5.41) is 1.85. The number of benzene rings is 2. The van der Waals surface area contributed by atoms with Crippen LogP contribution in [0.5, 0.6) is 5.75 Å². The summed E-state index contributed by atoms with van der Waals surface area (Å²) in [6.07, 6.45) is 0.941. The van der Waals surface area contributed by atoms with Crippen LogP contribution >= 0.6 is 11.6 Å². The van der Waals surface area contributed by atoms with Gasteiger partial charge in [0.2, 0.25) is 0 Å². The fourth-order valence-corrected chi connectivity index (χ4v) is 2.96. The average Bonchev–Trinajstić information content (AvgIpc) is 2.65. The van der Waals surface area contributed by atoms with Gasteiger partial charge < -0.3 is 9.47 Å². The smallest absolute Gasteiger partial charge is 0.387 e. The van der Waals surface area contributed by atoms with Crippen LogP contribution in [0.15, 0.2) is 47.4 Å². The standard InChI is InChI=1S/C18H14ClF2NO7S/c1-30(26,27)12-6-7-14(19)13(8-12)17(25)28-9-15(23)22-16(24)10-2-4-11(5-3-10)29-18(20)21/h2-8,18H,9H2,1H3,(H,22,23,24). The molecule has 0 aliphatic rings. The van der Waals surface area contributed by atoms with E-state index in [1.165, 1.54) is 12.1 Å². The molecule has 0 aliphatic heterocycles. The van der Waals surface area contributed by atoms with Gasteiger partial charge in [0, 0.05) is 11.8 Å². The number of ether oxygens (including phenoxy) is 2. The van der Waals surface area contributed by atoms with Gasteiger partial charge in [-0.25, -0.2) is 13.2 Å². The van der Waals surface area contributed by atoms with E-state index in [4.69, 9.17) is 16.3 Å². The number of hydrogen-bond donors (Lipinski definition) is 1. The zero-order valence-electron chi connectivity index (χ0n) is 15.2. The van der Waals surface area contributed by atoms with Crippen LogP contribution in [0.4, 0.5) is 8.78 Å².